The van der Waals surface area contributed by atoms with Crippen molar-refractivity contribution in [3.05, 3.63) is 40.7 Å². The molecule has 0 bridgehead atoms. The molecule has 0 amide bonds. The van der Waals surface area contributed by atoms with Gasteiger partial charge in [0.1, 0.15) is 0 Å². The van der Waals surface area contributed by atoms with Gasteiger partial charge in [-0.1, -0.05) is 43.7 Å². The third kappa shape index (κ3) is 1.85. The molecule has 0 saturated heterocycles. The Kier molecular flexibility index (Phi) is 2.94. The van der Waals surface area contributed by atoms with Gasteiger partial charge in [0.15, 0.2) is 0 Å². The number of benzene rings is 1. The minimum Gasteiger partial charge on any atom is -0.244 e. The molecule has 14 heavy (non-hydrogen) atoms. The molecule has 0 atom stereocenters. The molecule has 1 aromatic carbocycles. The van der Waals surface area contributed by atoms with Gasteiger partial charge in [0.05, 0.1) is 11.2 Å². The maximum atomic E-state index is 4.42. The molecule has 0 aliphatic rings. The maximum absolute atomic E-state index is 4.42. The van der Waals surface area contributed by atoms with Crippen LogP contribution < -0.4 is 0 Å². The monoisotopic (exact) mass is 203 g/mol. The van der Waals surface area contributed by atoms with Crippen molar-refractivity contribution in [3.63, 3.8) is 0 Å². The lowest BCUT2D eigenvalue weighted by atomic mass is 10.1. The van der Waals surface area contributed by atoms with E-state index >= 15 is 0 Å². The van der Waals surface area contributed by atoms with E-state index in [1.807, 2.05) is 11.6 Å². The van der Waals surface area contributed by atoms with E-state index in [1.165, 1.54) is 16.9 Å². The van der Waals surface area contributed by atoms with Gasteiger partial charge in [0.2, 0.25) is 0 Å². The Morgan fingerprint density at radius 3 is 2.71 bits per heavy atom. The highest BCUT2D eigenvalue weighted by Crippen LogP contribution is 2.25. The van der Waals surface area contributed by atoms with Crippen molar-refractivity contribution in [3.8, 4) is 11.3 Å². The largest absolute Gasteiger partial charge is 0.244 e. The lowest BCUT2D eigenvalue weighted by molar-refractivity contribution is 0.938. The molecule has 0 N–H and O–H groups in total. The normalized spacial score (nSPS) is 10.4. The molecule has 0 unspecified atom stereocenters. The minimum absolute atomic E-state index is 1.13. The molecule has 0 aliphatic heterocycles. The fourth-order valence-electron chi connectivity index (χ4n) is 1.51. The zero-order valence-corrected chi connectivity index (χ0v) is 9.05. The summed E-state index contributed by atoms with van der Waals surface area (Å²) in [6.07, 6.45) is 2.32. The van der Waals surface area contributed by atoms with Crippen molar-refractivity contribution in [1.29, 1.82) is 0 Å². The van der Waals surface area contributed by atoms with Crippen molar-refractivity contribution in [2.75, 3.05) is 0 Å². The quantitative estimate of drug-likeness (QED) is 0.740. The summed E-state index contributed by atoms with van der Waals surface area (Å²) in [5.74, 6) is 0. The fraction of sp³-hybridized carbons (Fsp3) is 0.250. The highest BCUT2D eigenvalue weighted by atomic mass is 32.1. The number of aryl methyl sites for hydroxylation is 1. The molecule has 2 rings (SSSR count). The van der Waals surface area contributed by atoms with E-state index in [1.54, 1.807) is 11.3 Å². The molecular formula is C12H13NS. The van der Waals surface area contributed by atoms with Gasteiger partial charge in [-0.05, 0) is 6.42 Å². The number of nitrogens with zero attached hydrogens (tertiary/aromatic N) is 1. The van der Waals surface area contributed by atoms with Crippen LogP contribution in [-0.4, -0.2) is 4.98 Å². The summed E-state index contributed by atoms with van der Waals surface area (Å²) < 4.78 is 0. The minimum atomic E-state index is 1.13. The second kappa shape index (κ2) is 4.38. The van der Waals surface area contributed by atoms with Gasteiger partial charge in [-0.15, -0.1) is 11.3 Å². The zero-order valence-electron chi connectivity index (χ0n) is 8.23. The molecular weight excluding hydrogens is 190 g/mol. The summed E-state index contributed by atoms with van der Waals surface area (Å²) in [4.78, 5) is 5.83. The molecule has 0 fully saturated rings. The maximum Gasteiger partial charge on any atom is 0.0843 e. The first-order chi connectivity index (χ1) is 6.92. The summed E-state index contributed by atoms with van der Waals surface area (Å²) in [5, 5.41) is 0. The van der Waals surface area contributed by atoms with Crippen molar-refractivity contribution in [1.82, 2.24) is 4.98 Å². The lowest BCUT2D eigenvalue weighted by Gasteiger charge is -2.00. The third-order valence-electron chi connectivity index (χ3n) is 2.17. The standard InChI is InChI=1S/C12H13NS/c1-2-6-11-12(13-9-14-11)10-7-4-3-5-8-10/h3-5,7-9H,2,6H2,1H3. The predicted molar refractivity (Wildman–Crippen MR) is 61.5 cm³/mol. The number of rotatable bonds is 3. The van der Waals surface area contributed by atoms with Crippen molar-refractivity contribution in [2.45, 2.75) is 19.8 Å². The first-order valence-electron chi connectivity index (χ1n) is 4.89. The van der Waals surface area contributed by atoms with Gasteiger partial charge in [-0.25, -0.2) is 4.98 Å². The van der Waals surface area contributed by atoms with Gasteiger partial charge >= 0.3 is 0 Å². The van der Waals surface area contributed by atoms with Gasteiger partial charge in [-0.2, -0.15) is 0 Å². The van der Waals surface area contributed by atoms with Gasteiger partial charge in [0.25, 0.3) is 0 Å². The van der Waals surface area contributed by atoms with E-state index in [0.29, 0.717) is 0 Å². The second-order valence-electron chi connectivity index (χ2n) is 3.24. The smallest absolute Gasteiger partial charge is 0.0843 e. The summed E-state index contributed by atoms with van der Waals surface area (Å²) in [5.41, 5.74) is 4.34. The Labute approximate surface area is 88.4 Å². The SMILES string of the molecule is CCCc1scnc1-c1ccccc1. The Morgan fingerprint density at radius 1 is 1.21 bits per heavy atom. The molecule has 2 aromatic rings. The topological polar surface area (TPSA) is 12.9 Å². The first-order valence-corrected chi connectivity index (χ1v) is 5.77. The van der Waals surface area contributed by atoms with E-state index in [-0.39, 0.29) is 0 Å². The highest BCUT2D eigenvalue weighted by molar-refractivity contribution is 7.10. The van der Waals surface area contributed by atoms with Gasteiger partial charge in [0, 0.05) is 10.4 Å². The Morgan fingerprint density at radius 2 is 2.00 bits per heavy atom. The molecule has 0 aliphatic carbocycles. The summed E-state index contributed by atoms with van der Waals surface area (Å²) in [6, 6.07) is 10.4. The number of hydrogen-bond acceptors (Lipinski definition) is 2. The molecule has 1 nitrogen and oxygen atoms in total. The van der Waals surface area contributed by atoms with E-state index < -0.39 is 0 Å². The van der Waals surface area contributed by atoms with Crippen LogP contribution in [0.3, 0.4) is 0 Å². The number of aromatic nitrogens is 1. The van der Waals surface area contributed by atoms with Crippen molar-refractivity contribution < 1.29 is 0 Å². The molecule has 2 heteroatoms. The summed E-state index contributed by atoms with van der Waals surface area (Å²) in [7, 11) is 0. The molecule has 0 radical (unpaired) electrons. The van der Waals surface area contributed by atoms with Gasteiger partial charge < -0.3 is 0 Å². The average Bonchev–Trinajstić information content (AvgIpc) is 2.68. The fourth-order valence-corrected chi connectivity index (χ4v) is 2.40. The lowest BCUT2D eigenvalue weighted by Crippen LogP contribution is -1.84. The van der Waals surface area contributed by atoms with E-state index in [4.69, 9.17) is 0 Å². The van der Waals surface area contributed by atoms with Crippen LogP contribution in [0, 0.1) is 0 Å². The zero-order chi connectivity index (χ0) is 9.80. The number of thiazole rings is 1. The second-order valence-corrected chi connectivity index (χ2v) is 4.18. The van der Waals surface area contributed by atoms with Crippen LogP contribution in [0.4, 0.5) is 0 Å². The van der Waals surface area contributed by atoms with Crippen molar-refractivity contribution in [2.24, 2.45) is 0 Å². The third-order valence-corrected chi connectivity index (χ3v) is 3.06. The van der Waals surface area contributed by atoms with Crippen LogP contribution in [0.15, 0.2) is 35.8 Å². The van der Waals surface area contributed by atoms with Crippen molar-refractivity contribution >= 4 is 11.3 Å². The predicted octanol–water partition coefficient (Wildman–Crippen LogP) is 3.76. The van der Waals surface area contributed by atoms with E-state index in [0.717, 1.165) is 12.1 Å². The van der Waals surface area contributed by atoms with E-state index in [9.17, 15) is 0 Å². The first kappa shape index (κ1) is 9.41. The molecule has 1 heterocycles. The molecule has 72 valence electrons. The van der Waals surface area contributed by atoms with Crippen LogP contribution in [0.25, 0.3) is 11.3 Å². The Balaban J connectivity index is 2.37. The van der Waals surface area contributed by atoms with Crippen LogP contribution in [0.5, 0.6) is 0 Å². The average molecular weight is 203 g/mol. The number of hydrogen-bond donors (Lipinski definition) is 0. The van der Waals surface area contributed by atoms with Crippen LogP contribution in [0.2, 0.25) is 0 Å². The Hall–Kier alpha value is -1.15. The van der Waals surface area contributed by atoms with E-state index in [2.05, 4.69) is 36.2 Å². The van der Waals surface area contributed by atoms with Crippen LogP contribution in [0.1, 0.15) is 18.2 Å². The Bertz CT molecular complexity index is 392. The highest BCUT2D eigenvalue weighted by Gasteiger charge is 2.06. The van der Waals surface area contributed by atoms with Crippen LogP contribution >= 0.6 is 11.3 Å². The summed E-state index contributed by atoms with van der Waals surface area (Å²) in [6.45, 7) is 2.20. The molecule has 1 aromatic heterocycles. The van der Waals surface area contributed by atoms with Crippen LogP contribution in [-0.2, 0) is 6.42 Å². The van der Waals surface area contributed by atoms with Gasteiger partial charge in [-0.3, -0.25) is 0 Å². The molecule has 0 spiro atoms. The summed E-state index contributed by atoms with van der Waals surface area (Å²) >= 11 is 1.76. The molecule has 0 saturated carbocycles.